The number of piperazine rings is 1. The summed E-state index contributed by atoms with van der Waals surface area (Å²) in [6, 6.07) is 10.2. The molecule has 1 heterocycles. The van der Waals surface area contributed by atoms with Crippen molar-refractivity contribution in [3.05, 3.63) is 57.6 Å². The Morgan fingerprint density at radius 1 is 1.18 bits per heavy atom. The molecule has 0 bridgehead atoms. The first-order valence-corrected chi connectivity index (χ1v) is 10.3. The summed E-state index contributed by atoms with van der Waals surface area (Å²) in [5.74, 6) is 0.948. The van der Waals surface area contributed by atoms with E-state index in [2.05, 4.69) is 22.9 Å². The highest BCUT2D eigenvalue weighted by Gasteiger charge is 2.33. The van der Waals surface area contributed by atoms with Crippen LogP contribution in [-0.4, -0.2) is 51.0 Å². The van der Waals surface area contributed by atoms with Gasteiger partial charge in [-0.3, -0.25) is 4.79 Å². The normalized spacial score (nSPS) is 19.8. The van der Waals surface area contributed by atoms with Gasteiger partial charge in [-0.2, -0.15) is 0 Å². The summed E-state index contributed by atoms with van der Waals surface area (Å²) < 4.78 is 5.66. The Bertz CT molecular complexity index is 904. The average Bonchev–Trinajstić information content (AvgIpc) is 3.00. The average molecular weight is 399 g/mol. The van der Waals surface area contributed by atoms with Crippen molar-refractivity contribution >= 4 is 23.1 Å². The van der Waals surface area contributed by atoms with Crippen molar-refractivity contribution in [3.63, 3.8) is 0 Å². The first-order valence-electron chi connectivity index (χ1n) is 9.90. The molecule has 1 fully saturated rings. The molecule has 2 aromatic carbocycles. The van der Waals surface area contributed by atoms with E-state index in [1.165, 1.54) is 0 Å². The van der Waals surface area contributed by atoms with Crippen LogP contribution in [0.1, 0.15) is 27.0 Å². The van der Waals surface area contributed by atoms with E-state index in [1.54, 1.807) is 7.11 Å². The topological polar surface area (TPSA) is 32.8 Å². The number of benzene rings is 2. The summed E-state index contributed by atoms with van der Waals surface area (Å²) in [6.07, 6.45) is 1.45. The zero-order valence-corrected chi connectivity index (χ0v) is 17.6. The maximum Gasteiger partial charge on any atom is 0.167 e. The van der Waals surface area contributed by atoms with E-state index in [-0.39, 0.29) is 11.7 Å². The molecular weight excluding hydrogens is 372 g/mol. The Labute approximate surface area is 172 Å². The number of nitrogens with zero attached hydrogens (tertiary/aromatic N) is 2. The third-order valence-electron chi connectivity index (χ3n) is 6.09. The van der Waals surface area contributed by atoms with Gasteiger partial charge in [0, 0.05) is 42.7 Å². The van der Waals surface area contributed by atoms with Crippen molar-refractivity contribution in [1.29, 1.82) is 0 Å². The smallest absolute Gasteiger partial charge is 0.167 e. The molecule has 1 saturated heterocycles. The quantitative estimate of drug-likeness (QED) is 0.779. The van der Waals surface area contributed by atoms with Gasteiger partial charge in [-0.05, 0) is 55.6 Å². The molecule has 2 aliphatic rings. The summed E-state index contributed by atoms with van der Waals surface area (Å²) in [7, 11) is 3.84. The summed E-state index contributed by atoms with van der Waals surface area (Å²) in [6.45, 7) is 6.02. The number of likely N-dealkylation sites (N-methyl/N-ethyl adjacent to an activating group) is 1. The highest BCUT2D eigenvalue weighted by molar-refractivity contribution is 6.32. The van der Waals surface area contributed by atoms with Crippen molar-refractivity contribution in [3.8, 4) is 5.75 Å². The Morgan fingerprint density at radius 2 is 1.93 bits per heavy atom. The number of anilines is 1. The molecule has 5 heteroatoms. The number of carbonyl (C=O) groups excluding carboxylic acids is 1. The molecule has 1 aliphatic carbocycles. The van der Waals surface area contributed by atoms with Crippen molar-refractivity contribution in [2.75, 3.05) is 45.2 Å². The lowest BCUT2D eigenvalue weighted by molar-refractivity contribution is 0.0936. The second-order valence-corrected chi connectivity index (χ2v) is 8.37. The van der Waals surface area contributed by atoms with E-state index in [4.69, 9.17) is 16.3 Å². The molecule has 28 heavy (non-hydrogen) atoms. The molecule has 1 atom stereocenters. The van der Waals surface area contributed by atoms with E-state index in [1.807, 2.05) is 31.2 Å². The minimum Gasteiger partial charge on any atom is -0.495 e. The number of Topliss-reactive ketones (excluding diaryl/α,β-unsaturated/α-hetero) is 1. The molecule has 0 amide bonds. The highest BCUT2D eigenvalue weighted by Crippen LogP contribution is 2.39. The Hall–Kier alpha value is -2.04. The van der Waals surface area contributed by atoms with Gasteiger partial charge in [-0.25, -0.2) is 0 Å². The second-order valence-electron chi connectivity index (χ2n) is 7.99. The van der Waals surface area contributed by atoms with Crippen LogP contribution in [0.5, 0.6) is 5.75 Å². The maximum atomic E-state index is 13.1. The van der Waals surface area contributed by atoms with E-state index in [9.17, 15) is 4.79 Å². The van der Waals surface area contributed by atoms with Gasteiger partial charge in [0.25, 0.3) is 0 Å². The van der Waals surface area contributed by atoms with Gasteiger partial charge in [-0.1, -0.05) is 29.8 Å². The van der Waals surface area contributed by atoms with E-state index >= 15 is 0 Å². The van der Waals surface area contributed by atoms with Gasteiger partial charge in [0.05, 0.1) is 12.8 Å². The number of fused-ring (bicyclic) bond motifs is 1. The summed E-state index contributed by atoms with van der Waals surface area (Å²) in [5.41, 5.74) is 5.16. The molecule has 0 saturated carbocycles. The Kier molecular flexibility index (Phi) is 5.35. The fourth-order valence-electron chi connectivity index (χ4n) is 4.34. The Balaban J connectivity index is 1.60. The van der Waals surface area contributed by atoms with Crippen LogP contribution < -0.4 is 9.64 Å². The van der Waals surface area contributed by atoms with Crippen molar-refractivity contribution in [2.24, 2.45) is 5.92 Å². The number of rotatable bonds is 4. The van der Waals surface area contributed by atoms with Gasteiger partial charge in [0.2, 0.25) is 0 Å². The first-order chi connectivity index (χ1) is 13.5. The monoisotopic (exact) mass is 398 g/mol. The van der Waals surface area contributed by atoms with E-state index in [0.29, 0.717) is 6.42 Å². The second kappa shape index (κ2) is 7.76. The SMILES string of the molecule is COc1cc2c(cc1N1CCN(C)CC1)CC(Cc1cccc(C)c1Cl)C2=O. The molecule has 1 aliphatic heterocycles. The molecule has 0 spiro atoms. The lowest BCUT2D eigenvalue weighted by Crippen LogP contribution is -2.44. The predicted octanol–water partition coefficient (Wildman–Crippen LogP) is 4.01. The van der Waals surface area contributed by atoms with Crippen molar-refractivity contribution in [2.45, 2.75) is 19.8 Å². The van der Waals surface area contributed by atoms with Crippen LogP contribution in [0.4, 0.5) is 5.69 Å². The number of halogens is 1. The molecule has 148 valence electrons. The van der Waals surface area contributed by atoms with Crippen LogP contribution in [0.25, 0.3) is 0 Å². The third-order valence-corrected chi connectivity index (χ3v) is 6.63. The van der Waals surface area contributed by atoms with Crippen molar-refractivity contribution < 1.29 is 9.53 Å². The number of aryl methyl sites for hydroxylation is 1. The van der Waals surface area contributed by atoms with E-state index in [0.717, 1.165) is 71.3 Å². The van der Waals surface area contributed by atoms with Crippen molar-refractivity contribution in [1.82, 2.24) is 4.90 Å². The molecule has 2 aromatic rings. The molecule has 0 aromatic heterocycles. The molecule has 4 rings (SSSR count). The predicted molar refractivity (Wildman–Crippen MR) is 114 cm³/mol. The van der Waals surface area contributed by atoms with Gasteiger partial charge in [-0.15, -0.1) is 0 Å². The van der Waals surface area contributed by atoms with Gasteiger partial charge < -0.3 is 14.5 Å². The molecular formula is C23H27ClN2O2. The number of ketones is 1. The third kappa shape index (κ3) is 3.51. The number of hydrogen-bond donors (Lipinski definition) is 0. The fraction of sp³-hybridized carbons (Fsp3) is 0.435. The largest absolute Gasteiger partial charge is 0.495 e. The van der Waals surface area contributed by atoms with Crippen LogP contribution in [0.15, 0.2) is 30.3 Å². The zero-order valence-electron chi connectivity index (χ0n) is 16.8. The molecule has 1 unspecified atom stereocenters. The van der Waals surface area contributed by atoms with Crippen LogP contribution >= 0.6 is 11.6 Å². The van der Waals surface area contributed by atoms with E-state index < -0.39 is 0 Å². The highest BCUT2D eigenvalue weighted by atomic mass is 35.5. The minimum atomic E-state index is -0.0539. The molecule has 0 radical (unpaired) electrons. The summed E-state index contributed by atoms with van der Waals surface area (Å²) in [5, 5.41) is 0.780. The molecule has 0 N–H and O–H groups in total. The Morgan fingerprint density at radius 3 is 2.64 bits per heavy atom. The number of ether oxygens (including phenoxy) is 1. The summed E-state index contributed by atoms with van der Waals surface area (Å²) >= 11 is 6.47. The minimum absolute atomic E-state index is 0.0539. The van der Waals surface area contributed by atoms with Crippen LogP contribution in [0.3, 0.4) is 0 Å². The molecule has 4 nitrogen and oxygen atoms in total. The van der Waals surface area contributed by atoms with Gasteiger partial charge in [0.1, 0.15) is 5.75 Å². The van der Waals surface area contributed by atoms with Gasteiger partial charge in [0.15, 0.2) is 5.78 Å². The lowest BCUT2D eigenvalue weighted by Gasteiger charge is -2.35. The maximum absolute atomic E-state index is 13.1. The summed E-state index contributed by atoms with van der Waals surface area (Å²) in [4.78, 5) is 17.8. The zero-order chi connectivity index (χ0) is 19.8. The van der Waals surface area contributed by atoms with Crippen LogP contribution in [0, 0.1) is 12.8 Å². The standard InChI is InChI=1S/C23H27ClN2O2/c1-15-5-4-6-16(22(15)24)11-18-12-17-13-20(26-9-7-25(2)8-10-26)21(28-3)14-19(17)23(18)27/h4-6,13-14,18H,7-12H2,1-3H3. The fourth-order valence-corrected chi connectivity index (χ4v) is 4.55. The number of methoxy groups -OCH3 is 1. The lowest BCUT2D eigenvalue weighted by atomic mass is 9.95. The van der Waals surface area contributed by atoms with Crippen LogP contribution in [0.2, 0.25) is 5.02 Å². The first kappa shape index (κ1) is 19.3. The number of hydrogen-bond acceptors (Lipinski definition) is 4. The number of carbonyl (C=O) groups is 1. The van der Waals surface area contributed by atoms with Crippen LogP contribution in [-0.2, 0) is 12.8 Å². The van der Waals surface area contributed by atoms with Gasteiger partial charge >= 0.3 is 0 Å².